The van der Waals surface area contributed by atoms with Gasteiger partial charge >= 0.3 is 0 Å². The monoisotopic (exact) mass is 294 g/mol. The highest BCUT2D eigenvalue weighted by molar-refractivity contribution is 7.14. The molecular weight excluding hydrogens is 280 g/mol. The summed E-state index contributed by atoms with van der Waals surface area (Å²) in [5.74, 6) is 0.00347. The Morgan fingerprint density at radius 3 is 3.00 bits per heavy atom. The van der Waals surface area contributed by atoms with Gasteiger partial charge in [0, 0.05) is 11.4 Å². The highest BCUT2D eigenvalue weighted by Crippen LogP contribution is 2.32. The maximum absolute atomic E-state index is 12.6. The maximum atomic E-state index is 12.6. The largest absolute Gasteiger partial charge is 0.286 e. The lowest BCUT2D eigenvalue weighted by Crippen LogP contribution is -2.09. The summed E-state index contributed by atoms with van der Waals surface area (Å²) in [6.45, 7) is 2.61. The molecule has 3 rings (SSSR count). The van der Waals surface area contributed by atoms with Crippen LogP contribution in [0.15, 0.2) is 12.3 Å². The lowest BCUT2D eigenvalue weighted by molar-refractivity contribution is 0.103. The van der Waals surface area contributed by atoms with Crippen LogP contribution in [0.4, 0.5) is 0 Å². The average molecular weight is 295 g/mol. The van der Waals surface area contributed by atoms with Gasteiger partial charge in [-0.2, -0.15) is 5.10 Å². The molecule has 0 fully saturated rings. The number of carbonyl (C=O) groups excluding carboxylic acids is 1. The fourth-order valence-electron chi connectivity index (χ4n) is 2.55. The number of ketones is 1. The Balaban J connectivity index is 1.99. The van der Waals surface area contributed by atoms with Crippen LogP contribution in [0.25, 0.3) is 0 Å². The number of nitrogens with zero attached hydrogens (tertiary/aromatic N) is 2. The fraction of sp³-hybridized carbons (Fsp3) is 0.429. The topological polar surface area (TPSA) is 34.9 Å². The van der Waals surface area contributed by atoms with E-state index in [0.717, 1.165) is 17.7 Å². The maximum Gasteiger partial charge on any atom is 0.222 e. The number of carbonyl (C=O) groups is 1. The van der Waals surface area contributed by atoms with Gasteiger partial charge in [-0.15, -0.1) is 11.3 Å². The van der Waals surface area contributed by atoms with Crippen LogP contribution >= 0.6 is 22.9 Å². The molecule has 0 radical (unpaired) electrons. The molecule has 0 unspecified atom stereocenters. The first-order valence-electron chi connectivity index (χ1n) is 6.58. The third-order valence-corrected chi connectivity index (χ3v) is 5.04. The van der Waals surface area contributed by atoms with Crippen molar-refractivity contribution in [1.82, 2.24) is 9.78 Å². The lowest BCUT2D eigenvalue weighted by atomic mass is 9.99. The quantitative estimate of drug-likeness (QED) is 0.809. The van der Waals surface area contributed by atoms with Crippen LogP contribution in [0.2, 0.25) is 5.02 Å². The van der Waals surface area contributed by atoms with Gasteiger partial charge < -0.3 is 0 Å². The first-order valence-corrected chi connectivity index (χ1v) is 7.77. The summed E-state index contributed by atoms with van der Waals surface area (Å²) < 4.78 is 1.67. The van der Waals surface area contributed by atoms with Gasteiger partial charge in [-0.05, 0) is 44.2 Å². The second-order valence-corrected chi connectivity index (χ2v) is 6.30. The Morgan fingerprint density at radius 2 is 2.26 bits per heavy atom. The summed E-state index contributed by atoms with van der Waals surface area (Å²) in [4.78, 5) is 14.8. The zero-order valence-electron chi connectivity index (χ0n) is 10.8. The molecule has 0 saturated heterocycles. The molecule has 0 N–H and O–H groups in total. The van der Waals surface area contributed by atoms with Gasteiger partial charge in [-0.1, -0.05) is 11.6 Å². The van der Waals surface area contributed by atoms with Crippen molar-refractivity contribution in [2.75, 3.05) is 0 Å². The van der Waals surface area contributed by atoms with Crippen molar-refractivity contribution in [3.63, 3.8) is 0 Å². The van der Waals surface area contributed by atoms with Gasteiger partial charge in [-0.25, -0.2) is 0 Å². The second kappa shape index (κ2) is 5.10. The van der Waals surface area contributed by atoms with Gasteiger partial charge in [-0.3, -0.25) is 9.48 Å². The normalized spacial score (nSPS) is 14.4. The summed E-state index contributed by atoms with van der Waals surface area (Å²) in [7, 11) is 0. The van der Waals surface area contributed by atoms with E-state index in [2.05, 4.69) is 5.10 Å². The molecule has 2 heterocycles. The van der Waals surface area contributed by atoms with Crippen LogP contribution in [-0.2, 0) is 19.4 Å². The minimum atomic E-state index is 0.00347. The summed E-state index contributed by atoms with van der Waals surface area (Å²) in [5, 5.41) is 4.57. The van der Waals surface area contributed by atoms with E-state index in [1.54, 1.807) is 22.2 Å². The fourth-order valence-corrected chi connectivity index (χ4v) is 3.97. The summed E-state index contributed by atoms with van der Waals surface area (Å²) in [6, 6.07) is 2.05. The minimum Gasteiger partial charge on any atom is -0.286 e. The first kappa shape index (κ1) is 12.9. The summed E-state index contributed by atoms with van der Waals surface area (Å²) in [6.07, 6.45) is 6.21. The number of aromatic nitrogens is 2. The van der Waals surface area contributed by atoms with Crippen molar-refractivity contribution in [2.24, 2.45) is 0 Å². The third-order valence-electron chi connectivity index (χ3n) is 3.53. The molecule has 5 heteroatoms. The predicted octanol–water partition coefficient (Wildman–Crippen LogP) is 3.73. The average Bonchev–Trinajstić information content (AvgIpc) is 3.01. The molecule has 0 aromatic carbocycles. The molecule has 0 spiro atoms. The molecular formula is C14H15ClN2OS. The Kier molecular flexibility index (Phi) is 3.46. The molecule has 1 aliphatic carbocycles. The molecule has 2 aromatic rings. The molecule has 100 valence electrons. The summed E-state index contributed by atoms with van der Waals surface area (Å²) in [5.41, 5.74) is 1.86. The molecule has 0 saturated carbocycles. The van der Waals surface area contributed by atoms with E-state index in [1.807, 2.05) is 13.0 Å². The number of rotatable bonds is 3. The number of aryl methyl sites for hydroxylation is 3. The number of halogens is 1. The van der Waals surface area contributed by atoms with E-state index >= 15 is 0 Å². The van der Waals surface area contributed by atoms with Crippen molar-refractivity contribution >= 4 is 28.7 Å². The van der Waals surface area contributed by atoms with Crippen molar-refractivity contribution in [1.29, 1.82) is 0 Å². The molecule has 2 aromatic heterocycles. The minimum absolute atomic E-state index is 0.00347. The number of fused-ring (bicyclic) bond motifs is 1. The summed E-state index contributed by atoms with van der Waals surface area (Å²) >= 11 is 7.72. The Bertz CT molecular complexity index is 606. The Labute approximate surface area is 121 Å². The highest BCUT2D eigenvalue weighted by Gasteiger charge is 2.23. The zero-order chi connectivity index (χ0) is 13.4. The van der Waals surface area contributed by atoms with Crippen LogP contribution in [-0.4, -0.2) is 15.6 Å². The molecule has 0 aliphatic heterocycles. The van der Waals surface area contributed by atoms with E-state index in [-0.39, 0.29) is 5.78 Å². The van der Waals surface area contributed by atoms with E-state index in [9.17, 15) is 4.79 Å². The lowest BCUT2D eigenvalue weighted by Gasteiger charge is -2.08. The number of hydrogen-bond donors (Lipinski definition) is 0. The SMILES string of the molecule is CCn1ncc(Cl)c1C(=O)c1cc2c(s1)CCCC2. The van der Waals surface area contributed by atoms with Crippen molar-refractivity contribution in [3.05, 3.63) is 38.3 Å². The molecule has 0 atom stereocenters. The predicted molar refractivity (Wildman–Crippen MR) is 77.3 cm³/mol. The van der Waals surface area contributed by atoms with Crippen LogP contribution in [0.5, 0.6) is 0 Å². The zero-order valence-corrected chi connectivity index (χ0v) is 12.4. The van der Waals surface area contributed by atoms with Crippen molar-refractivity contribution in [2.45, 2.75) is 39.2 Å². The van der Waals surface area contributed by atoms with Crippen LogP contribution in [0, 0.1) is 0 Å². The molecule has 3 nitrogen and oxygen atoms in total. The smallest absolute Gasteiger partial charge is 0.222 e. The van der Waals surface area contributed by atoms with E-state index < -0.39 is 0 Å². The van der Waals surface area contributed by atoms with Gasteiger partial charge in [0.1, 0.15) is 5.69 Å². The van der Waals surface area contributed by atoms with Gasteiger partial charge in [0.05, 0.1) is 16.1 Å². The van der Waals surface area contributed by atoms with Gasteiger partial charge in [0.15, 0.2) is 0 Å². The first-order chi connectivity index (χ1) is 9.20. The Morgan fingerprint density at radius 1 is 1.47 bits per heavy atom. The van der Waals surface area contributed by atoms with Gasteiger partial charge in [0.2, 0.25) is 5.78 Å². The van der Waals surface area contributed by atoms with E-state index in [1.165, 1.54) is 23.3 Å². The Hall–Kier alpha value is -1.13. The van der Waals surface area contributed by atoms with E-state index in [0.29, 0.717) is 17.3 Å². The van der Waals surface area contributed by atoms with Crippen LogP contribution in [0.3, 0.4) is 0 Å². The third kappa shape index (κ3) is 2.23. The number of thiophene rings is 1. The second-order valence-electron chi connectivity index (χ2n) is 4.75. The van der Waals surface area contributed by atoms with E-state index in [4.69, 9.17) is 11.6 Å². The molecule has 1 aliphatic rings. The van der Waals surface area contributed by atoms with Crippen molar-refractivity contribution < 1.29 is 4.79 Å². The standard InChI is InChI=1S/C14H15ClN2OS/c1-2-17-13(10(15)8-16-17)14(18)12-7-9-5-3-4-6-11(9)19-12/h7-8H,2-6H2,1H3. The molecule has 19 heavy (non-hydrogen) atoms. The van der Waals surface area contributed by atoms with Gasteiger partial charge in [0.25, 0.3) is 0 Å². The molecule has 0 bridgehead atoms. The van der Waals surface area contributed by atoms with Crippen LogP contribution < -0.4 is 0 Å². The number of hydrogen-bond acceptors (Lipinski definition) is 3. The highest BCUT2D eigenvalue weighted by atomic mass is 35.5. The van der Waals surface area contributed by atoms with Crippen molar-refractivity contribution in [3.8, 4) is 0 Å². The van der Waals surface area contributed by atoms with Crippen LogP contribution in [0.1, 0.15) is 45.6 Å². The molecule has 0 amide bonds.